The van der Waals surface area contributed by atoms with E-state index in [0.29, 0.717) is 0 Å². The van der Waals surface area contributed by atoms with Gasteiger partial charge in [-0.2, -0.15) is 0 Å². The first-order chi connectivity index (χ1) is 8.65. The van der Waals surface area contributed by atoms with Crippen molar-refractivity contribution in [3.63, 3.8) is 0 Å². The van der Waals surface area contributed by atoms with Gasteiger partial charge in [-0.05, 0) is 31.4 Å². The van der Waals surface area contributed by atoms with Crippen molar-refractivity contribution in [2.45, 2.75) is 71.8 Å². The fraction of sp³-hybridized carbons (Fsp3) is 0.688. The van der Waals surface area contributed by atoms with Crippen LogP contribution in [0.15, 0.2) is 12.3 Å². The fourth-order valence-corrected chi connectivity index (χ4v) is 2.40. The predicted octanol–water partition coefficient (Wildman–Crippen LogP) is 4.45. The molecule has 0 radical (unpaired) electrons. The number of aryl methyl sites for hydroxylation is 2. The van der Waals surface area contributed by atoms with Crippen LogP contribution in [0.3, 0.4) is 0 Å². The van der Waals surface area contributed by atoms with E-state index in [2.05, 4.69) is 31.8 Å². The van der Waals surface area contributed by atoms with Gasteiger partial charge < -0.3 is 5.73 Å². The van der Waals surface area contributed by atoms with E-state index in [1.54, 1.807) is 0 Å². The summed E-state index contributed by atoms with van der Waals surface area (Å²) in [5, 5.41) is 0. The van der Waals surface area contributed by atoms with Gasteiger partial charge in [0.25, 0.3) is 0 Å². The van der Waals surface area contributed by atoms with E-state index < -0.39 is 0 Å². The van der Waals surface area contributed by atoms with Gasteiger partial charge in [-0.25, -0.2) is 0 Å². The molecule has 0 amide bonds. The van der Waals surface area contributed by atoms with Crippen LogP contribution in [0.25, 0.3) is 0 Å². The van der Waals surface area contributed by atoms with Gasteiger partial charge in [0.2, 0.25) is 0 Å². The van der Waals surface area contributed by atoms with Crippen molar-refractivity contribution < 1.29 is 0 Å². The summed E-state index contributed by atoms with van der Waals surface area (Å²) < 4.78 is 0. The second-order valence-corrected chi connectivity index (χ2v) is 5.38. The number of aromatic nitrogens is 1. The molecule has 0 bridgehead atoms. The second-order valence-electron chi connectivity index (χ2n) is 5.38. The van der Waals surface area contributed by atoms with E-state index in [1.807, 2.05) is 6.20 Å². The Kier molecular flexibility index (Phi) is 6.96. The predicted molar refractivity (Wildman–Crippen MR) is 78.6 cm³/mol. The lowest BCUT2D eigenvalue weighted by atomic mass is 10.0. The molecule has 102 valence electrons. The number of pyridine rings is 1. The fourth-order valence-electron chi connectivity index (χ4n) is 2.40. The van der Waals surface area contributed by atoms with E-state index in [9.17, 15) is 0 Å². The average Bonchev–Trinajstić information content (AvgIpc) is 2.33. The first-order valence-corrected chi connectivity index (χ1v) is 7.34. The minimum Gasteiger partial charge on any atom is -0.323 e. The zero-order chi connectivity index (χ0) is 13.4. The van der Waals surface area contributed by atoms with Gasteiger partial charge in [-0.3, -0.25) is 4.98 Å². The van der Waals surface area contributed by atoms with E-state index in [0.717, 1.165) is 12.1 Å². The molecule has 1 unspecified atom stereocenters. The lowest BCUT2D eigenvalue weighted by Crippen LogP contribution is -2.13. The van der Waals surface area contributed by atoms with Gasteiger partial charge >= 0.3 is 0 Å². The molecule has 0 saturated carbocycles. The first kappa shape index (κ1) is 15.2. The summed E-state index contributed by atoms with van der Waals surface area (Å²) in [4.78, 5) is 4.48. The van der Waals surface area contributed by atoms with Gasteiger partial charge in [-0.1, -0.05) is 51.5 Å². The molecule has 1 aromatic rings. The third kappa shape index (κ3) is 5.18. The zero-order valence-corrected chi connectivity index (χ0v) is 12.2. The van der Waals surface area contributed by atoms with Crippen molar-refractivity contribution in [2.75, 3.05) is 0 Å². The molecule has 0 aliphatic carbocycles. The second kappa shape index (κ2) is 8.25. The van der Waals surface area contributed by atoms with Crippen LogP contribution < -0.4 is 5.73 Å². The van der Waals surface area contributed by atoms with Crippen LogP contribution in [-0.2, 0) is 0 Å². The van der Waals surface area contributed by atoms with Gasteiger partial charge in [0, 0.05) is 12.2 Å². The summed E-state index contributed by atoms with van der Waals surface area (Å²) in [6, 6.07) is 2.28. The molecular formula is C16H28N2. The molecule has 0 aromatic carbocycles. The molecule has 0 saturated heterocycles. The van der Waals surface area contributed by atoms with Crippen molar-refractivity contribution in [1.82, 2.24) is 4.98 Å². The standard InChI is InChI=1S/C16H28N2/c1-4-5-6-7-8-9-10-15(17)16-14(3)11-13(2)12-18-16/h11-12,15H,4-10,17H2,1-3H3. The van der Waals surface area contributed by atoms with Crippen molar-refractivity contribution in [2.24, 2.45) is 5.73 Å². The summed E-state index contributed by atoms with van der Waals surface area (Å²) in [6.07, 6.45) is 10.9. The van der Waals surface area contributed by atoms with Gasteiger partial charge in [0.1, 0.15) is 0 Å². The molecule has 2 heteroatoms. The third-order valence-corrected chi connectivity index (χ3v) is 3.48. The van der Waals surface area contributed by atoms with Crippen molar-refractivity contribution in [3.05, 3.63) is 29.1 Å². The minimum atomic E-state index is 0.108. The average molecular weight is 248 g/mol. The molecule has 0 aliphatic heterocycles. The molecule has 0 aliphatic rings. The third-order valence-electron chi connectivity index (χ3n) is 3.48. The highest BCUT2D eigenvalue weighted by Crippen LogP contribution is 2.19. The lowest BCUT2D eigenvalue weighted by molar-refractivity contribution is 0.539. The largest absolute Gasteiger partial charge is 0.323 e. The molecule has 2 N–H and O–H groups in total. The summed E-state index contributed by atoms with van der Waals surface area (Å²) >= 11 is 0. The van der Waals surface area contributed by atoms with Crippen LogP contribution in [0.1, 0.15) is 74.7 Å². The number of rotatable bonds is 8. The lowest BCUT2D eigenvalue weighted by Gasteiger charge is -2.14. The molecule has 1 heterocycles. The number of nitrogens with zero attached hydrogens (tertiary/aromatic N) is 1. The first-order valence-electron chi connectivity index (χ1n) is 7.34. The van der Waals surface area contributed by atoms with Crippen LogP contribution in [0.4, 0.5) is 0 Å². The molecule has 1 atom stereocenters. The number of unbranched alkanes of at least 4 members (excludes halogenated alkanes) is 5. The zero-order valence-electron chi connectivity index (χ0n) is 12.2. The molecule has 0 fully saturated rings. The van der Waals surface area contributed by atoms with Crippen LogP contribution in [0.2, 0.25) is 0 Å². The summed E-state index contributed by atoms with van der Waals surface area (Å²) in [5.74, 6) is 0. The van der Waals surface area contributed by atoms with E-state index >= 15 is 0 Å². The Morgan fingerprint density at radius 3 is 2.44 bits per heavy atom. The van der Waals surface area contributed by atoms with E-state index in [4.69, 9.17) is 5.73 Å². The smallest absolute Gasteiger partial charge is 0.0600 e. The highest BCUT2D eigenvalue weighted by molar-refractivity contribution is 5.25. The maximum atomic E-state index is 6.22. The number of hydrogen-bond acceptors (Lipinski definition) is 2. The Labute approximate surface area is 112 Å². The monoisotopic (exact) mass is 248 g/mol. The number of hydrogen-bond donors (Lipinski definition) is 1. The Bertz CT molecular complexity index is 347. The quantitative estimate of drug-likeness (QED) is 0.690. The summed E-state index contributed by atoms with van der Waals surface area (Å²) in [6.45, 7) is 6.43. The van der Waals surface area contributed by atoms with Crippen molar-refractivity contribution >= 4 is 0 Å². The highest BCUT2D eigenvalue weighted by Gasteiger charge is 2.10. The minimum absolute atomic E-state index is 0.108. The normalized spacial score (nSPS) is 12.7. The van der Waals surface area contributed by atoms with Gasteiger partial charge in [0.15, 0.2) is 0 Å². The van der Waals surface area contributed by atoms with E-state index in [1.165, 1.54) is 49.7 Å². The molecule has 1 rings (SSSR count). The molecule has 2 nitrogen and oxygen atoms in total. The summed E-state index contributed by atoms with van der Waals surface area (Å²) in [7, 11) is 0. The molecular weight excluding hydrogens is 220 g/mol. The molecule has 1 aromatic heterocycles. The van der Waals surface area contributed by atoms with Gasteiger partial charge in [-0.15, -0.1) is 0 Å². The Morgan fingerprint density at radius 1 is 1.11 bits per heavy atom. The van der Waals surface area contributed by atoms with E-state index in [-0.39, 0.29) is 6.04 Å². The SMILES string of the molecule is CCCCCCCCC(N)c1ncc(C)cc1C. The van der Waals surface area contributed by atoms with Crippen LogP contribution in [0, 0.1) is 13.8 Å². The van der Waals surface area contributed by atoms with Crippen molar-refractivity contribution in [1.29, 1.82) is 0 Å². The topological polar surface area (TPSA) is 38.9 Å². The van der Waals surface area contributed by atoms with Crippen LogP contribution in [0.5, 0.6) is 0 Å². The molecule has 18 heavy (non-hydrogen) atoms. The maximum Gasteiger partial charge on any atom is 0.0600 e. The van der Waals surface area contributed by atoms with Crippen LogP contribution >= 0.6 is 0 Å². The molecule has 0 spiro atoms. The van der Waals surface area contributed by atoms with Crippen LogP contribution in [-0.4, -0.2) is 4.98 Å². The van der Waals surface area contributed by atoms with Crippen molar-refractivity contribution in [3.8, 4) is 0 Å². The Morgan fingerprint density at radius 2 is 1.78 bits per heavy atom. The Balaban J connectivity index is 2.29. The van der Waals surface area contributed by atoms with Gasteiger partial charge in [0.05, 0.1) is 5.69 Å². The Hall–Kier alpha value is -0.890. The highest BCUT2D eigenvalue weighted by atomic mass is 14.8. The summed E-state index contributed by atoms with van der Waals surface area (Å²) in [5.41, 5.74) is 9.74. The number of nitrogens with two attached hydrogens (primary N) is 1. The maximum absolute atomic E-state index is 6.22.